The van der Waals surface area contributed by atoms with Gasteiger partial charge in [0.1, 0.15) is 29.9 Å². The Labute approximate surface area is 212 Å². The molecule has 9 heteroatoms. The third-order valence-electron chi connectivity index (χ3n) is 5.62. The number of hydrogen-bond donors (Lipinski definition) is 0. The van der Waals surface area contributed by atoms with Gasteiger partial charge in [-0.05, 0) is 44.2 Å². The summed E-state index contributed by atoms with van der Waals surface area (Å²) in [7, 11) is 0. The summed E-state index contributed by atoms with van der Waals surface area (Å²) < 4.78 is 34.2. The third-order valence-corrected chi connectivity index (χ3v) is 5.94. The molecule has 0 fully saturated rings. The first-order chi connectivity index (χ1) is 17.0. The van der Waals surface area contributed by atoms with Gasteiger partial charge in [-0.25, -0.2) is 18.7 Å². The van der Waals surface area contributed by atoms with E-state index in [1.54, 1.807) is 38.2 Å². The normalized spacial score (nSPS) is 11.6. The van der Waals surface area contributed by atoms with Crippen molar-refractivity contribution in [2.45, 2.75) is 46.6 Å². The maximum Gasteiger partial charge on any atom is 0.264 e. The van der Waals surface area contributed by atoms with E-state index in [2.05, 4.69) is 15.0 Å². The lowest BCUT2D eigenvalue weighted by molar-refractivity contribution is 0.283. The SMILES string of the molecule is Cc1c(OCc2ccc(F)cc2F)nc(C)n(-c2cc(-c3ccnc(C(C)(C)C)n3)ccc2Cl)c1=O. The van der Waals surface area contributed by atoms with E-state index in [0.717, 1.165) is 17.7 Å². The van der Waals surface area contributed by atoms with E-state index in [1.807, 2.05) is 26.8 Å². The summed E-state index contributed by atoms with van der Waals surface area (Å²) in [5.41, 5.74) is 1.67. The molecule has 0 bridgehead atoms. The number of hydrogen-bond acceptors (Lipinski definition) is 5. The third kappa shape index (κ3) is 5.14. The van der Waals surface area contributed by atoms with Crippen LogP contribution in [-0.4, -0.2) is 19.5 Å². The number of halogens is 3. The molecule has 0 radical (unpaired) electrons. The lowest BCUT2D eigenvalue weighted by Crippen LogP contribution is -2.25. The van der Waals surface area contributed by atoms with Gasteiger partial charge in [-0.1, -0.05) is 38.4 Å². The largest absolute Gasteiger partial charge is 0.472 e. The number of ether oxygens (including phenoxy) is 1. The monoisotopic (exact) mass is 510 g/mol. The predicted molar refractivity (Wildman–Crippen MR) is 135 cm³/mol. The number of rotatable bonds is 5. The topological polar surface area (TPSA) is 69.9 Å². The number of nitrogens with zero attached hydrogens (tertiary/aromatic N) is 4. The van der Waals surface area contributed by atoms with Crippen LogP contribution in [0.4, 0.5) is 8.78 Å². The molecule has 0 aliphatic rings. The molecule has 0 amide bonds. The second-order valence-electron chi connectivity index (χ2n) is 9.44. The van der Waals surface area contributed by atoms with Gasteiger partial charge in [0.25, 0.3) is 5.56 Å². The van der Waals surface area contributed by atoms with Gasteiger partial charge in [0, 0.05) is 28.8 Å². The van der Waals surface area contributed by atoms with Crippen LogP contribution in [0.3, 0.4) is 0 Å². The summed E-state index contributed by atoms with van der Waals surface area (Å²) in [4.78, 5) is 26.8. The highest BCUT2D eigenvalue weighted by molar-refractivity contribution is 6.32. The van der Waals surface area contributed by atoms with Crippen molar-refractivity contribution in [1.29, 1.82) is 0 Å². The number of aryl methyl sites for hydroxylation is 1. The second-order valence-corrected chi connectivity index (χ2v) is 9.84. The van der Waals surface area contributed by atoms with Crippen LogP contribution in [0.15, 0.2) is 53.5 Å². The predicted octanol–water partition coefficient (Wildman–Crippen LogP) is 6.11. The Morgan fingerprint density at radius 2 is 1.78 bits per heavy atom. The van der Waals surface area contributed by atoms with Gasteiger partial charge in [-0.3, -0.25) is 9.36 Å². The Morgan fingerprint density at radius 3 is 2.47 bits per heavy atom. The van der Waals surface area contributed by atoms with Gasteiger partial charge in [0.05, 0.1) is 22.0 Å². The zero-order valence-corrected chi connectivity index (χ0v) is 21.3. The van der Waals surface area contributed by atoms with Crippen molar-refractivity contribution in [2.24, 2.45) is 0 Å². The summed E-state index contributed by atoms with van der Waals surface area (Å²) in [5, 5.41) is 0.359. The van der Waals surface area contributed by atoms with Crippen LogP contribution < -0.4 is 10.3 Å². The lowest BCUT2D eigenvalue weighted by Gasteiger charge is -2.18. The fourth-order valence-corrected chi connectivity index (χ4v) is 3.82. The minimum Gasteiger partial charge on any atom is -0.472 e. The van der Waals surface area contributed by atoms with E-state index in [-0.39, 0.29) is 34.6 Å². The van der Waals surface area contributed by atoms with Crippen LogP contribution in [0.25, 0.3) is 16.9 Å². The van der Waals surface area contributed by atoms with Crippen molar-refractivity contribution >= 4 is 11.6 Å². The summed E-state index contributed by atoms with van der Waals surface area (Å²) in [6, 6.07) is 10.3. The van der Waals surface area contributed by atoms with Crippen molar-refractivity contribution in [1.82, 2.24) is 19.5 Å². The molecule has 2 aromatic heterocycles. The first-order valence-corrected chi connectivity index (χ1v) is 11.6. The van der Waals surface area contributed by atoms with E-state index in [1.165, 1.54) is 10.6 Å². The zero-order chi connectivity index (χ0) is 26.2. The van der Waals surface area contributed by atoms with Crippen LogP contribution in [0, 0.1) is 25.5 Å². The Morgan fingerprint density at radius 1 is 1.03 bits per heavy atom. The molecule has 0 unspecified atom stereocenters. The first kappa shape index (κ1) is 25.4. The highest BCUT2D eigenvalue weighted by atomic mass is 35.5. The number of aromatic nitrogens is 4. The quantitative estimate of drug-likeness (QED) is 0.324. The number of benzene rings is 2. The summed E-state index contributed by atoms with van der Waals surface area (Å²) in [6.07, 6.45) is 1.70. The summed E-state index contributed by atoms with van der Waals surface area (Å²) in [5.74, 6) is -0.325. The van der Waals surface area contributed by atoms with Crippen LogP contribution in [0.1, 0.15) is 43.5 Å². The average molecular weight is 511 g/mol. The van der Waals surface area contributed by atoms with Crippen LogP contribution in [0.5, 0.6) is 5.88 Å². The Hall–Kier alpha value is -3.65. The molecule has 36 heavy (non-hydrogen) atoms. The van der Waals surface area contributed by atoms with Gasteiger partial charge in [0.15, 0.2) is 0 Å². The fourth-order valence-electron chi connectivity index (χ4n) is 3.62. The maximum atomic E-state index is 14.0. The Balaban J connectivity index is 1.72. The molecule has 0 aliphatic heterocycles. The second kappa shape index (κ2) is 9.78. The molecule has 2 heterocycles. The summed E-state index contributed by atoms with van der Waals surface area (Å²) in [6.45, 7) is 9.11. The first-order valence-electron chi connectivity index (χ1n) is 11.3. The van der Waals surface area contributed by atoms with Gasteiger partial charge < -0.3 is 4.74 Å². The molecule has 186 valence electrons. The molecule has 0 atom stereocenters. The minimum atomic E-state index is -0.736. The molecule has 2 aromatic carbocycles. The standard InChI is InChI=1S/C27H25ClF2N4O2/c1-15-24(36-14-18-6-8-19(29)13-21(18)30)32-16(2)34(25(15)35)23-12-17(7-9-20(23)28)22-10-11-31-26(33-22)27(3,4)5/h6-13H,14H2,1-5H3. The van der Waals surface area contributed by atoms with Crippen molar-refractivity contribution in [2.75, 3.05) is 0 Å². The Kier molecular flexibility index (Phi) is 6.91. The van der Waals surface area contributed by atoms with E-state index in [9.17, 15) is 13.6 Å². The van der Waals surface area contributed by atoms with Crippen molar-refractivity contribution < 1.29 is 13.5 Å². The van der Waals surface area contributed by atoms with Crippen LogP contribution >= 0.6 is 11.6 Å². The maximum absolute atomic E-state index is 14.0. The molecule has 0 N–H and O–H groups in total. The van der Waals surface area contributed by atoms with Gasteiger partial charge in [-0.2, -0.15) is 4.98 Å². The van der Waals surface area contributed by atoms with E-state index in [4.69, 9.17) is 16.3 Å². The molecule has 4 rings (SSSR count). The van der Waals surface area contributed by atoms with E-state index < -0.39 is 11.6 Å². The lowest BCUT2D eigenvalue weighted by atomic mass is 9.95. The zero-order valence-electron chi connectivity index (χ0n) is 20.6. The highest BCUT2D eigenvalue weighted by Crippen LogP contribution is 2.29. The van der Waals surface area contributed by atoms with Crippen molar-refractivity contribution in [3.63, 3.8) is 0 Å². The smallest absolute Gasteiger partial charge is 0.264 e. The van der Waals surface area contributed by atoms with Crippen molar-refractivity contribution in [3.05, 3.63) is 98.4 Å². The molecule has 6 nitrogen and oxygen atoms in total. The van der Waals surface area contributed by atoms with Gasteiger partial charge in [0.2, 0.25) is 5.88 Å². The average Bonchev–Trinajstić information content (AvgIpc) is 2.82. The van der Waals surface area contributed by atoms with Crippen molar-refractivity contribution in [3.8, 4) is 22.8 Å². The molecule has 4 aromatic rings. The molecule has 0 aliphatic carbocycles. The van der Waals surface area contributed by atoms with Gasteiger partial charge >= 0.3 is 0 Å². The minimum absolute atomic E-state index is 0.0652. The summed E-state index contributed by atoms with van der Waals surface area (Å²) >= 11 is 6.51. The fraction of sp³-hybridized carbons (Fsp3) is 0.259. The van der Waals surface area contributed by atoms with Gasteiger partial charge in [-0.15, -0.1) is 0 Å². The molecule has 0 saturated heterocycles. The molecule has 0 spiro atoms. The molecule has 0 saturated carbocycles. The highest BCUT2D eigenvalue weighted by Gasteiger charge is 2.20. The Bertz CT molecular complexity index is 1510. The van der Waals surface area contributed by atoms with Crippen LogP contribution in [0.2, 0.25) is 5.02 Å². The molecular weight excluding hydrogens is 486 g/mol. The molecular formula is C27H25ClF2N4O2. The van der Waals surface area contributed by atoms with E-state index >= 15 is 0 Å². The van der Waals surface area contributed by atoms with E-state index in [0.29, 0.717) is 28.1 Å². The van der Waals surface area contributed by atoms with Crippen LogP contribution in [-0.2, 0) is 12.0 Å².